The summed E-state index contributed by atoms with van der Waals surface area (Å²) in [5.74, 6) is -1.17. The molecule has 3 rings (SSSR count). The largest absolute Gasteiger partial charge is 0.351 e. The first-order valence-corrected chi connectivity index (χ1v) is 6.24. The summed E-state index contributed by atoms with van der Waals surface area (Å²) in [4.78, 5) is 34.6. The Kier molecular flexibility index (Phi) is 2.78. The zero-order chi connectivity index (χ0) is 14.3. The molecule has 0 saturated carbocycles. The van der Waals surface area contributed by atoms with Gasteiger partial charge in [0.15, 0.2) is 0 Å². The molecule has 3 amide bonds. The second kappa shape index (κ2) is 4.48. The number of rotatable bonds is 2. The van der Waals surface area contributed by atoms with Crippen molar-refractivity contribution in [2.45, 2.75) is 12.5 Å². The van der Waals surface area contributed by atoms with E-state index in [9.17, 15) is 14.4 Å². The molecule has 102 valence electrons. The van der Waals surface area contributed by atoms with Crippen molar-refractivity contribution in [3.8, 4) is 0 Å². The van der Waals surface area contributed by atoms with Crippen molar-refractivity contribution in [1.82, 2.24) is 15.2 Å². The highest BCUT2D eigenvalue weighted by molar-refractivity contribution is 6.08. The molecular weight excluding hydrogens is 258 g/mol. The van der Waals surface area contributed by atoms with Crippen LogP contribution >= 0.6 is 0 Å². The van der Waals surface area contributed by atoms with Crippen LogP contribution in [0.5, 0.6) is 0 Å². The Morgan fingerprint density at radius 3 is 2.85 bits per heavy atom. The smallest absolute Gasteiger partial charge is 0.251 e. The van der Waals surface area contributed by atoms with Gasteiger partial charge in [-0.2, -0.15) is 0 Å². The molecule has 1 aromatic heterocycles. The SMILES string of the molecule is Cn1ccc2cc(C(=O)NC3CC(=O)NC3=O)ccc21. The van der Waals surface area contributed by atoms with Crippen molar-refractivity contribution in [2.75, 3.05) is 0 Å². The summed E-state index contributed by atoms with van der Waals surface area (Å²) >= 11 is 0. The van der Waals surface area contributed by atoms with Crippen molar-refractivity contribution in [3.63, 3.8) is 0 Å². The maximum Gasteiger partial charge on any atom is 0.251 e. The van der Waals surface area contributed by atoms with Gasteiger partial charge in [0.1, 0.15) is 6.04 Å². The molecule has 20 heavy (non-hydrogen) atoms. The van der Waals surface area contributed by atoms with Gasteiger partial charge in [0.05, 0.1) is 6.42 Å². The summed E-state index contributed by atoms with van der Waals surface area (Å²) < 4.78 is 1.96. The lowest BCUT2D eigenvalue weighted by Crippen LogP contribution is -2.40. The molecule has 1 unspecified atom stereocenters. The Hall–Kier alpha value is -2.63. The van der Waals surface area contributed by atoms with Crippen LogP contribution in [-0.4, -0.2) is 28.3 Å². The van der Waals surface area contributed by atoms with E-state index in [1.54, 1.807) is 12.1 Å². The molecule has 1 fully saturated rings. The summed E-state index contributed by atoms with van der Waals surface area (Å²) in [5.41, 5.74) is 1.49. The van der Waals surface area contributed by atoms with E-state index >= 15 is 0 Å². The zero-order valence-corrected chi connectivity index (χ0v) is 10.8. The highest BCUT2D eigenvalue weighted by atomic mass is 16.2. The minimum Gasteiger partial charge on any atom is -0.351 e. The summed E-state index contributed by atoms with van der Waals surface area (Å²) in [7, 11) is 1.93. The lowest BCUT2D eigenvalue weighted by atomic mass is 10.1. The molecule has 6 heteroatoms. The van der Waals surface area contributed by atoms with Gasteiger partial charge in [-0.3, -0.25) is 19.7 Å². The van der Waals surface area contributed by atoms with Gasteiger partial charge in [0.25, 0.3) is 5.91 Å². The number of nitrogens with zero attached hydrogens (tertiary/aromatic N) is 1. The molecule has 1 aliphatic rings. The van der Waals surface area contributed by atoms with E-state index in [1.807, 2.05) is 29.9 Å². The van der Waals surface area contributed by atoms with Crippen LogP contribution in [0.25, 0.3) is 10.9 Å². The number of nitrogens with one attached hydrogen (secondary N) is 2. The molecule has 2 heterocycles. The van der Waals surface area contributed by atoms with Gasteiger partial charge in [0, 0.05) is 29.7 Å². The number of hydrogen-bond donors (Lipinski definition) is 2. The van der Waals surface area contributed by atoms with Gasteiger partial charge < -0.3 is 9.88 Å². The number of carbonyl (C=O) groups excluding carboxylic acids is 3. The Balaban J connectivity index is 1.82. The number of benzene rings is 1. The highest BCUT2D eigenvalue weighted by Crippen LogP contribution is 2.17. The topological polar surface area (TPSA) is 80.2 Å². The molecule has 1 atom stereocenters. The molecule has 6 nitrogen and oxygen atoms in total. The molecule has 0 bridgehead atoms. The van der Waals surface area contributed by atoms with Crippen molar-refractivity contribution >= 4 is 28.6 Å². The predicted octanol–water partition coefficient (Wildman–Crippen LogP) is 0.323. The standard InChI is InChI=1S/C14H13N3O3/c1-17-5-4-8-6-9(2-3-11(8)17)13(19)15-10-7-12(18)16-14(10)20/h2-6,10H,7H2,1H3,(H,15,19)(H,16,18,20). The zero-order valence-electron chi connectivity index (χ0n) is 10.8. The van der Waals surface area contributed by atoms with Gasteiger partial charge in [0.2, 0.25) is 11.8 Å². The number of aromatic nitrogens is 1. The van der Waals surface area contributed by atoms with Gasteiger partial charge in [-0.25, -0.2) is 0 Å². The molecule has 2 aromatic rings. The van der Waals surface area contributed by atoms with Crippen LogP contribution in [0.1, 0.15) is 16.8 Å². The summed E-state index contributed by atoms with van der Waals surface area (Å²) in [6, 6.07) is 6.45. The lowest BCUT2D eigenvalue weighted by Gasteiger charge is -2.09. The average Bonchev–Trinajstić information content (AvgIpc) is 2.93. The molecule has 1 saturated heterocycles. The van der Waals surface area contributed by atoms with Crippen LogP contribution in [-0.2, 0) is 16.6 Å². The number of fused-ring (bicyclic) bond motifs is 1. The molecule has 2 N–H and O–H groups in total. The first-order chi connectivity index (χ1) is 9.54. The van der Waals surface area contributed by atoms with Crippen molar-refractivity contribution in [1.29, 1.82) is 0 Å². The third kappa shape index (κ3) is 2.05. The minimum atomic E-state index is -0.776. The highest BCUT2D eigenvalue weighted by Gasteiger charge is 2.31. The van der Waals surface area contributed by atoms with Crippen LogP contribution in [0.4, 0.5) is 0 Å². The number of amides is 3. The number of carbonyl (C=O) groups is 3. The van der Waals surface area contributed by atoms with Gasteiger partial charge in [-0.1, -0.05) is 0 Å². The Labute approximate surface area is 114 Å². The van der Waals surface area contributed by atoms with E-state index in [0.717, 1.165) is 10.9 Å². The third-order valence-corrected chi connectivity index (χ3v) is 3.42. The van der Waals surface area contributed by atoms with Crippen LogP contribution in [0.3, 0.4) is 0 Å². The Bertz CT molecular complexity index is 732. The summed E-state index contributed by atoms with van der Waals surface area (Å²) in [6.07, 6.45) is 1.91. The van der Waals surface area contributed by atoms with E-state index in [2.05, 4.69) is 10.6 Å². The monoisotopic (exact) mass is 271 g/mol. The minimum absolute atomic E-state index is 0.00183. The fraction of sp³-hybridized carbons (Fsp3) is 0.214. The number of hydrogen-bond acceptors (Lipinski definition) is 3. The fourth-order valence-electron chi connectivity index (χ4n) is 2.33. The predicted molar refractivity (Wildman–Crippen MR) is 71.9 cm³/mol. The van der Waals surface area contributed by atoms with E-state index in [0.29, 0.717) is 5.56 Å². The summed E-state index contributed by atoms with van der Waals surface area (Å²) in [6.45, 7) is 0. The van der Waals surface area contributed by atoms with Crippen LogP contribution in [0.2, 0.25) is 0 Å². The van der Waals surface area contributed by atoms with Gasteiger partial charge in [-0.15, -0.1) is 0 Å². The second-order valence-electron chi connectivity index (χ2n) is 4.84. The molecule has 1 aromatic carbocycles. The van der Waals surface area contributed by atoms with Gasteiger partial charge >= 0.3 is 0 Å². The first kappa shape index (κ1) is 12.4. The number of aryl methyl sites for hydroxylation is 1. The number of imide groups is 1. The molecule has 0 aliphatic carbocycles. The summed E-state index contributed by atoms with van der Waals surface area (Å²) in [5, 5.41) is 5.68. The molecular formula is C14H13N3O3. The van der Waals surface area contributed by atoms with Gasteiger partial charge in [-0.05, 0) is 24.3 Å². The van der Waals surface area contributed by atoms with E-state index in [-0.39, 0.29) is 18.2 Å². The normalized spacial score (nSPS) is 18.4. The maximum atomic E-state index is 12.1. The van der Waals surface area contributed by atoms with Crippen LogP contribution in [0, 0.1) is 0 Å². The van der Waals surface area contributed by atoms with Crippen molar-refractivity contribution in [2.24, 2.45) is 7.05 Å². The lowest BCUT2D eigenvalue weighted by molar-refractivity contribution is -0.125. The van der Waals surface area contributed by atoms with Crippen molar-refractivity contribution < 1.29 is 14.4 Å². The molecule has 0 spiro atoms. The van der Waals surface area contributed by atoms with Crippen LogP contribution in [0.15, 0.2) is 30.5 Å². The third-order valence-electron chi connectivity index (χ3n) is 3.42. The van der Waals surface area contributed by atoms with E-state index in [4.69, 9.17) is 0 Å². The average molecular weight is 271 g/mol. The van der Waals surface area contributed by atoms with E-state index < -0.39 is 11.9 Å². The molecule has 1 aliphatic heterocycles. The maximum absolute atomic E-state index is 12.1. The quantitative estimate of drug-likeness (QED) is 0.772. The fourth-order valence-corrected chi connectivity index (χ4v) is 2.33. The van der Waals surface area contributed by atoms with E-state index in [1.165, 1.54) is 0 Å². The second-order valence-corrected chi connectivity index (χ2v) is 4.84. The van der Waals surface area contributed by atoms with Crippen LogP contribution < -0.4 is 10.6 Å². The Morgan fingerprint density at radius 1 is 1.35 bits per heavy atom. The Morgan fingerprint density at radius 2 is 2.15 bits per heavy atom. The first-order valence-electron chi connectivity index (χ1n) is 6.24. The molecule has 0 radical (unpaired) electrons. The van der Waals surface area contributed by atoms with Crippen molar-refractivity contribution in [3.05, 3.63) is 36.0 Å².